The van der Waals surface area contributed by atoms with Crippen molar-refractivity contribution in [3.8, 4) is 11.5 Å². The number of methoxy groups -OCH3 is 1. The van der Waals surface area contributed by atoms with Crippen LogP contribution in [0.2, 0.25) is 0 Å². The molecule has 0 radical (unpaired) electrons. The Morgan fingerprint density at radius 3 is 2.44 bits per heavy atom. The second kappa shape index (κ2) is 6.40. The molecule has 4 aliphatic rings. The summed E-state index contributed by atoms with van der Waals surface area (Å²) < 4.78 is 23.6. The second-order valence-corrected chi connectivity index (χ2v) is 10.8. The second-order valence-electron chi connectivity index (χ2n) is 10.8. The quantitative estimate of drug-likeness (QED) is 0.662. The Balaban J connectivity index is 1.70. The zero-order valence-electron chi connectivity index (χ0n) is 19.7. The minimum atomic E-state index is -1.21. The molecule has 0 bridgehead atoms. The molecule has 1 aromatic carbocycles. The molecule has 1 saturated carbocycles. The molecule has 0 aromatic heterocycles. The Morgan fingerprint density at radius 2 is 1.75 bits per heavy atom. The minimum absolute atomic E-state index is 0.112. The maximum atomic E-state index is 12.5. The van der Waals surface area contributed by atoms with Gasteiger partial charge in [-0.3, -0.25) is 4.79 Å². The summed E-state index contributed by atoms with van der Waals surface area (Å²) in [4.78, 5) is 24.9. The first-order valence-corrected chi connectivity index (χ1v) is 11.4. The smallest absolute Gasteiger partial charge is 0.342 e. The third kappa shape index (κ3) is 2.46. The number of rotatable bonds is 1. The highest BCUT2D eigenvalue weighted by Crippen LogP contribution is 2.64. The number of cyclic esters (lactones) is 2. The molecule has 3 aliphatic heterocycles. The molecule has 1 saturated heterocycles. The summed E-state index contributed by atoms with van der Waals surface area (Å²) in [6.45, 7) is 9.97. The maximum Gasteiger partial charge on any atom is 0.342 e. The van der Waals surface area contributed by atoms with E-state index in [2.05, 4.69) is 13.8 Å². The molecule has 5 rings (SSSR count). The van der Waals surface area contributed by atoms with Crippen LogP contribution in [-0.2, 0) is 27.3 Å². The monoisotopic (exact) mass is 444 g/mol. The van der Waals surface area contributed by atoms with Crippen molar-refractivity contribution in [3.63, 3.8) is 0 Å². The van der Waals surface area contributed by atoms with Gasteiger partial charge in [0.05, 0.1) is 7.11 Å². The van der Waals surface area contributed by atoms with Crippen molar-refractivity contribution in [2.75, 3.05) is 7.11 Å². The predicted molar refractivity (Wildman–Crippen MR) is 115 cm³/mol. The van der Waals surface area contributed by atoms with Crippen molar-refractivity contribution < 1.29 is 33.6 Å². The zero-order chi connectivity index (χ0) is 23.3. The van der Waals surface area contributed by atoms with Crippen LogP contribution < -0.4 is 9.47 Å². The number of esters is 2. The number of carbonyl (C=O) groups is 2. The van der Waals surface area contributed by atoms with E-state index in [9.17, 15) is 14.7 Å². The Morgan fingerprint density at radius 1 is 1.03 bits per heavy atom. The lowest BCUT2D eigenvalue weighted by Crippen LogP contribution is -2.71. The number of aliphatic hydroxyl groups is 1. The molecule has 2 fully saturated rings. The van der Waals surface area contributed by atoms with Gasteiger partial charge in [0.1, 0.15) is 40.5 Å². The highest BCUT2D eigenvalue weighted by Gasteiger charge is 2.69. The minimum Gasteiger partial charge on any atom is -0.495 e. The van der Waals surface area contributed by atoms with Crippen molar-refractivity contribution in [2.45, 2.75) is 90.1 Å². The van der Waals surface area contributed by atoms with Gasteiger partial charge in [0.15, 0.2) is 0 Å². The molecule has 7 heteroatoms. The molecule has 1 aliphatic carbocycles. The molecule has 0 spiro atoms. The summed E-state index contributed by atoms with van der Waals surface area (Å²) in [5.74, 6) is 0.484. The maximum absolute atomic E-state index is 12.5. The highest BCUT2D eigenvalue weighted by molar-refractivity contribution is 5.98. The molecular weight excluding hydrogens is 412 g/mol. The van der Waals surface area contributed by atoms with Crippen LogP contribution >= 0.6 is 0 Å². The van der Waals surface area contributed by atoms with Crippen LogP contribution in [0.15, 0.2) is 0 Å². The van der Waals surface area contributed by atoms with Crippen molar-refractivity contribution in [3.05, 3.63) is 22.3 Å². The Hall–Kier alpha value is -2.28. The van der Waals surface area contributed by atoms with Crippen LogP contribution in [0.1, 0.15) is 80.4 Å². The molecule has 0 unspecified atom stereocenters. The van der Waals surface area contributed by atoms with E-state index < -0.39 is 22.2 Å². The summed E-state index contributed by atoms with van der Waals surface area (Å²) in [5.41, 5.74) is -0.380. The topological polar surface area (TPSA) is 91.3 Å². The van der Waals surface area contributed by atoms with Gasteiger partial charge in [0.2, 0.25) is 0 Å². The van der Waals surface area contributed by atoms with Gasteiger partial charge in [-0.15, -0.1) is 0 Å². The van der Waals surface area contributed by atoms with Crippen molar-refractivity contribution in [1.29, 1.82) is 0 Å². The number of carbonyl (C=O) groups excluding carboxylic acids is 2. The first kappa shape index (κ1) is 21.6. The molecular formula is C25H32O7. The summed E-state index contributed by atoms with van der Waals surface area (Å²) >= 11 is 0. The summed E-state index contributed by atoms with van der Waals surface area (Å²) in [5, 5.41) is 12.1. The van der Waals surface area contributed by atoms with E-state index in [1.54, 1.807) is 7.11 Å². The van der Waals surface area contributed by atoms with Gasteiger partial charge in [-0.1, -0.05) is 6.92 Å². The lowest BCUT2D eigenvalue weighted by Gasteiger charge is -2.63. The zero-order valence-corrected chi connectivity index (χ0v) is 19.7. The van der Waals surface area contributed by atoms with Crippen LogP contribution in [0, 0.1) is 18.3 Å². The van der Waals surface area contributed by atoms with Crippen LogP contribution in [-0.4, -0.2) is 41.0 Å². The summed E-state index contributed by atoms with van der Waals surface area (Å²) in [6, 6.07) is 0. The Kier molecular flexibility index (Phi) is 4.31. The van der Waals surface area contributed by atoms with Crippen LogP contribution in [0.25, 0.3) is 0 Å². The lowest BCUT2D eigenvalue weighted by atomic mass is 9.47. The van der Waals surface area contributed by atoms with E-state index >= 15 is 0 Å². The molecule has 3 heterocycles. The molecule has 174 valence electrons. The predicted octanol–water partition coefficient (Wildman–Crippen LogP) is 3.63. The third-order valence-electron chi connectivity index (χ3n) is 9.02. The van der Waals surface area contributed by atoms with Crippen molar-refractivity contribution >= 4 is 11.9 Å². The largest absolute Gasteiger partial charge is 0.495 e. The molecule has 0 amide bonds. The van der Waals surface area contributed by atoms with Gasteiger partial charge in [-0.25, -0.2) is 4.79 Å². The first-order valence-electron chi connectivity index (χ1n) is 11.4. The van der Waals surface area contributed by atoms with E-state index in [-0.39, 0.29) is 30.9 Å². The average molecular weight is 445 g/mol. The number of hydrogen-bond acceptors (Lipinski definition) is 7. The van der Waals surface area contributed by atoms with Crippen LogP contribution in [0.5, 0.6) is 11.5 Å². The van der Waals surface area contributed by atoms with Gasteiger partial charge >= 0.3 is 11.9 Å². The van der Waals surface area contributed by atoms with Crippen LogP contribution in [0.3, 0.4) is 0 Å². The normalized spacial score (nSPS) is 37.0. The molecule has 7 nitrogen and oxygen atoms in total. The van der Waals surface area contributed by atoms with E-state index in [0.29, 0.717) is 37.0 Å². The SMILES string of the molecule is COc1c2c(c(C)c3c1C(=O)OC3)O[C@]1(C)CC[C@]3(O)C(C)(C)OC(=O)CC[C@]3(C)[C@H]1C2. The molecule has 32 heavy (non-hydrogen) atoms. The number of ether oxygens (including phenoxy) is 4. The standard InChI is InChI=1S/C25H32O7/c1-13-15-12-30-21(27)18(15)20(29-6)14-11-16-23(4)8-7-17(26)31-22(2,3)25(23,28)10-9-24(16,5)32-19(13)14/h16,28H,7-12H2,1-6H3/t16-,23-,24-,25+/m1/s1. The van der Waals surface area contributed by atoms with E-state index in [4.69, 9.17) is 18.9 Å². The Bertz CT molecular complexity index is 1040. The van der Waals surface area contributed by atoms with Crippen molar-refractivity contribution in [2.24, 2.45) is 11.3 Å². The molecule has 1 N–H and O–H groups in total. The average Bonchev–Trinajstić information content (AvgIpc) is 3.08. The number of fused-ring (bicyclic) bond motifs is 5. The van der Waals surface area contributed by atoms with E-state index in [0.717, 1.165) is 22.4 Å². The van der Waals surface area contributed by atoms with Gasteiger partial charge in [0.25, 0.3) is 0 Å². The lowest BCUT2D eigenvalue weighted by molar-refractivity contribution is -0.262. The highest BCUT2D eigenvalue weighted by atomic mass is 16.6. The van der Waals surface area contributed by atoms with Crippen LogP contribution in [0.4, 0.5) is 0 Å². The molecule has 4 atom stereocenters. The van der Waals surface area contributed by atoms with E-state index in [1.807, 2.05) is 20.8 Å². The van der Waals surface area contributed by atoms with E-state index in [1.165, 1.54) is 0 Å². The first-order chi connectivity index (χ1) is 14.9. The fourth-order valence-electron chi connectivity index (χ4n) is 7.10. The third-order valence-corrected chi connectivity index (χ3v) is 9.02. The fraction of sp³-hybridized carbons (Fsp3) is 0.680. The van der Waals surface area contributed by atoms with Gasteiger partial charge < -0.3 is 24.1 Å². The van der Waals surface area contributed by atoms with Crippen molar-refractivity contribution in [1.82, 2.24) is 0 Å². The van der Waals surface area contributed by atoms with Gasteiger partial charge in [-0.2, -0.15) is 0 Å². The Labute approximate surface area is 188 Å². The van der Waals surface area contributed by atoms with Gasteiger partial charge in [0, 0.05) is 28.9 Å². The number of hydrogen-bond donors (Lipinski definition) is 1. The summed E-state index contributed by atoms with van der Waals surface area (Å²) in [6.07, 6.45) is 2.40. The summed E-state index contributed by atoms with van der Waals surface area (Å²) in [7, 11) is 1.56. The molecule has 1 aromatic rings. The van der Waals surface area contributed by atoms with Gasteiger partial charge in [-0.05, 0) is 58.9 Å². The fourth-order valence-corrected chi connectivity index (χ4v) is 7.10. The number of benzene rings is 1.